The summed E-state index contributed by atoms with van der Waals surface area (Å²) < 4.78 is 8.46. The van der Waals surface area contributed by atoms with Gasteiger partial charge in [-0.3, -0.25) is 9.59 Å². The van der Waals surface area contributed by atoms with Crippen LogP contribution in [0, 0.1) is 0 Å². The van der Waals surface area contributed by atoms with Crippen molar-refractivity contribution in [2.75, 3.05) is 11.9 Å². The van der Waals surface area contributed by atoms with Crippen LogP contribution in [0.1, 0.15) is 32.9 Å². The molecule has 2 N–H and O–H groups in total. The number of esters is 1. The molecule has 2 aromatic carbocycles. The molecule has 8 heteroatoms. The van der Waals surface area contributed by atoms with E-state index in [4.69, 9.17) is 4.74 Å². The molecule has 2 heterocycles. The van der Waals surface area contributed by atoms with Gasteiger partial charge < -0.3 is 15.4 Å². The van der Waals surface area contributed by atoms with Crippen molar-refractivity contribution in [2.45, 2.75) is 18.9 Å². The normalized spacial score (nSPS) is 13.3. The Hall–Kier alpha value is -3.23. The van der Waals surface area contributed by atoms with Crippen LogP contribution in [0.4, 0.5) is 5.69 Å². The van der Waals surface area contributed by atoms with E-state index < -0.39 is 18.5 Å². The molecule has 1 aliphatic carbocycles. The number of para-hydroxylation sites is 1. The van der Waals surface area contributed by atoms with Crippen LogP contribution >= 0.6 is 22.7 Å². The molecular weight excluding hydrogens is 432 g/mol. The maximum absolute atomic E-state index is 12.5. The number of hydrogen-bond donors (Lipinski definition) is 2. The maximum atomic E-state index is 12.5. The lowest BCUT2D eigenvalue weighted by molar-refractivity contribution is -0.119. The molecule has 0 spiro atoms. The molecule has 4 aromatic rings. The van der Waals surface area contributed by atoms with Gasteiger partial charge in [0.2, 0.25) is 0 Å². The summed E-state index contributed by atoms with van der Waals surface area (Å²) in [5, 5.41) is 6.69. The molecule has 1 saturated carbocycles. The average molecular weight is 451 g/mol. The highest BCUT2D eigenvalue weighted by molar-refractivity contribution is 7.33. The van der Waals surface area contributed by atoms with E-state index in [-0.39, 0.29) is 11.9 Å². The molecule has 156 valence electrons. The van der Waals surface area contributed by atoms with Gasteiger partial charge in [-0.05, 0) is 37.1 Å². The summed E-state index contributed by atoms with van der Waals surface area (Å²) in [4.78, 5) is 37.6. The van der Waals surface area contributed by atoms with E-state index in [0.717, 1.165) is 27.6 Å². The van der Waals surface area contributed by atoms with Crippen molar-refractivity contribution in [3.05, 3.63) is 65.0 Å². The zero-order valence-corrected chi connectivity index (χ0v) is 18.0. The Balaban J connectivity index is 1.23. The van der Waals surface area contributed by atoms with E-state index in [1.807, 2.05) is 24.3 Å². The summed E-state index contributed by atoms with van der Waals surface area (Å²) in [5.41, 5.74) is 0.782. The largest absolute Gasteiger partial charge is 0.451 e. The fraction of sp³-hybridized carbons (Fsp3) is 0.174. The smallest absolute Gasteiger partial charge is 0.348 e. The second kappa shape index (κ2) is 8.13. The first-order valence-corrected chi connectivity index (χ1v) is 11.5. The minimum absolute atomic E-state index is 0.217. The quantitative estimate of drug-likeness (QED) is 0.413. The maximum Gasteiger partial charge on any atom is 0.348 e. The van der Waals surface area contributed by atoms with Gasteiger partial charge >= 0.3 is 5.97 Å². The highest BCUT2D eigenvalue weighted by Gasteiger charge is 2.25. The van der Waals surface area contributed by atoms with Gasteiger partial charge in [-0.15, -0.1) is 22.7 Å². The summed E-state index contributed by atoms with van der Waals surface area (Å²) >= 11 is 2.99. The summed E-state index contributed by atoms with van der Waals surface area (Å²) in [7, 11) is 0. The standard InChI is InChI=1S/C23H18N2O4S2/c26-20(25-16-7-3-1-5-14(16)22(27)24-13-9-10-13)12-29-23(28)19-11-18-21(31-19)15-6-2-4-8-17(15)30-18/h1-8,11,13H,9-10,12H2,(H,24,27)(H,25,26). The van der Waals surface area contributed by atoms with Crippen molar-refractivity contribution in [1.82, 2.24) is 5.32 Å². The van der Waals surface area contributed by atoms with Crippen LogP contribution in [0.15, 0.2) is 54.6 Å². The summed E-state index contributed by atoms with van der Waals surface area (Å²) in [5.74, 6) is -1.25. The lowest BCUT2D eigenvalue weighted by Crippen LogP contribution is -2.27. The van der Waals surface area contributed by atoms with Crippen LogP contribution in [-0.4, -0.2) is 30.4 Å². The van der Waals surface area contributed by atoms with Crippen LogP contribution in [0.2, 0.25) is 0 Å². The molecule has 2 aromatic heterocycles. The van der Waals surface area contributed by atoms with E-state index >= 15 is 0 Å². The van der Waals surface area contributed by atoms with Gasteiger partial charge in [0.1, 0.15) is 4.88 Å². The Morgan fingerprint density at radius 3 is 2.58 bits per heavy atom. The van der Waals surface area contributed by atoms with Crippen LogP contribution in [0.5, 0.6) is 0 Å². The van der Waals surface area contributed by atoms with Gasteiger partial charge in [0.25, 0.3) is 11.8 Å². The Bertz CT molecular complexity index is 1320. The Morgan fingerprint density at radius 2 is 1.74 bits per heavy atom. The number of fused-ring (bicyclic) bond motifs is 3. The molecule has 0 radical (unpaired) electrons. The molecule has 6 nitrogen and oxygen atoms in total. The van der Waals surface area contributed by atoms with Crippen LogP contribution in [0.25, 0.3) is 19.5 Å². The predicted octanol–water partition coefficient (Wildman–Crippen LogP) is 4.80. The van der Waals surface area contributed by atoms with Gasteiger partial charge in [0.15, 0.2) is 6.61 Å². The van der Waals surface area contributed by atoms with E-state index in [1.165, 1.54) is 16.0 Å². The topological polar surface area (TPSA) is 84.5 Å². The SMILES string of the molecule is O=C(COC(=O)c1cc2sc3ccccc3c2s1)Nc1ccccc1C(=O)NC1CC1. The molecule has 1 fully saturated rings. The van der Waals surface area contributed by atoms with Gasteiger partial charge in [0, 0.05) is 20.8 Å². The molecule has 0 aliphatic heterocycles. The first-order chi connectivity index (χ1) is 15.1. The van der Waals surface area contributed by atoms with Gasteiger partial charge in [-0.1, -0.05) is 30.3 Å². The monoisotopic (exact) mass is 450 g/mol. The fourth-order valence-corrected chi connectivity index (χ4v) is 5.69. The third kappa shape index (κ3) is 4.17. The van der Waals surface area contributed by atoms with E-state index in [1.54, 1.807) is 35.6 Å². The van der Waals surface area contributed by atoms with Crippen molar-refractivity contribution in [1.29, 1.82) is 0 Å². The summed E-state index contributed by atoms with van der Waals surface area (Å²) in [6, 6.07) is 16.9. The van der Waals surface area contributed by atoms with Gasteiger partial charge in [0.05, 0.1) is 16.0 Å². The van der Waals surface area contributed by atoms with Crippen LogP contribution < -0.4 is 10.6 Å². The Kier molecular flexibility index (Phi) is 5.17. The first-order valence-electron chi connectivity index (χ1n) is 9.86. The molecule has 0 unspecified atom stereocenters. The number of rotatable bonds is 6. The molecule has 1 aliphatic rings. The average Bonchev–Trinajstić information content (AvgIpc) is 3.37. The summed E-state index contributed by atoms with van der Waals surface area (Å²) in [6.07, 6.45) is 1.96. The molecule has 0 bridgehead atoms. The minimum Gasteiger partial charge on any atom is -0.451 e. The van der Waals surface area contributed by atoms with Gasteiger partial charge in [-0.2, -0.15) is 0 Å². The van der Waals surface area contributed by atoms with Gasteiger partial charge in [-0.25, -0.2) is 4.79 Å². The van der Waals surface area contributed by atoms with Crippen LogP contribution in [-0.2, 0) is 9.53 Å². The number of thiophene rings is 2. The number of hydrogen-bond acceptors (Lipinski definition) is 6. The fourth-order valence-electron chi connectivity index (χ4n) is 3.27. The lowest BCUT2D eigenvalue weighted by Gasteiger charge is -2.11. The third-order valence-corrected chi connectivity index (χ3v) is 7.34. The molecule has 31 heavy (non-hydrogen) atoms. The molecule has 0 atom stereocenters. The van der Waals surface area contributed by atoms with Crippen molar-refractivity contribution in [3.8, 4) is 0 Å². The first kappa shape index (κ1) is 19.7. The highest BCUT2D eigenvalue weighted by Crippen LogP contribution is 2.39. The third-order valence-electron chi connectivity index (χ3n) is 4.94. The zero-order valence-electron chi connectivity index (χ0n) is 16.3. The van der Waals surface area contributed by atoms with Crippen molar-refractivity contribution < 1.29 is 19.1 Å². The number of amides is 2. The van der Waals surface area contributed by atoms with E-state index in [2.05, 4.69) is 16.7 Å². The highest BCUT2D eigenvalue weighted by atomic mass is 32.1. The Morgan fingerprint density at radius 1 is 0.968 bits per heavy atom. The van der Waals surface area contributed by atoms with E-state index in [9.17, 15) is 14.4 Å². The number of carbonyl (C=O) groups is 3. The second-order valence-electron chi connectivity index (χ2n) is 7.32. The number of anilines is 1. The van der Waals surface area contributed by atoms with Crippen molar-refractivity contribution in [2.24, 2.45) is 0 Å². The number of benzene rings is 2. The molecule has 0 saturated heterocycles. The minimum atomic E-state index is -0.535. The lowest BCUT2D eigenvalue weighted by atomic mass is 10.1. The number of carbonyl (C=O) groups excluding carboxylic acids is 3. The number of ether oxygens (including phenoxy) is 1. The van der Waals surface area contributed by atoms with Crippen LogP contribution in [0.3, 0.4) is 0 Å². The molecule has 5 rings (SSSR count). The van der Waals surface area contributed by atoms with E-state index in [0.29, 0.717) is 16.1 Å². The number of nitrogens with one attached hydrogen (secondary N) is 2. The zero-order chi connectivity index (χ0) is 21.4. The molecular formula is C23H18N2O4S2. The second-order valence-corrected chi connectivity index (χ2v) is 9.46. The van der Waals surface area contributed by atoms with Crippen molar-refractivity contribution in [3.63, 3.8) is 0 Å². The molecule has 2 amide bonds. The Labute approximate surface area is 185 Å². The summed E-state index contributed by atoms with van der Waals surface area (Å²) in [6.45, 7) is -0.427. The predicted molar refractivity (Wildman–Crippen MR) is 123 cm³/mol. The van der Waals surface area contributed by atoms with Crippen molar-refractivity contribution >= 4 is 65.6 Å².